The number of piperazine rings is 1. The summed E-state index contributed by atoms with van der Waals surface area (Å²) in [5.74, 6) is 1.57. The van der Waals surface area contributed by atoms with E-state index in [-0.39, 0.29) is 17.9 Å². The van der Waals surface area contributed by atoms with E-state index in [0.717, 1.165) is 50.1 Å². The van der Waals surface area contributed by atoms with Crippen LogP contribution in [0.4, 0.5) is 5.69 Å². The topological polar surface area (TPSA) is 78.4 Å². The molecule has 1 aliphatic carbocycles. The van der Waals surface area contributed by atoms with Crippen molar-refractivity contribution in [2.24, 2.45) is 11.8 Å². The number of nitrogens with zero attached hydrogens (tertiary/aromatic N) is 4. The number of hydrogen-bond donors (Lipinski definition) is 1. The van der Waals surface area contributed by atoms with Crippen molar-refractivity contribution in [2.75, 3.05) is 25.0 Å². The Hall–Kier alpha value is -2.51. The number of halogens is 1. The number of aromatic nitrogens is 2. The summed E-state index contributed by atoms with van der Waals surface area (Å²) in [4.78, 5) is 38.1. The predicted molar refractivity (Wildman–Crippen MR) is 129 cm³/mol. The summed E-state index contributed by atoms with van der Waals surface area (Å²) in [6, 6.07) is 3.91. The van der Waals surface area contributed by atoms with Gasteiger partial charge in [0.2, 0.25) is 5.91 Å². The molecule has 2 amide bonds. The third-order valence-electron chi connectivity index (χ3n) is 6.88. The van der Waals surface area contributed by atoms with Crippen LogP contribution >= 0.6 is 11.6 Å². The first-order valence-corrected chi connectivity index (χ1v) is 12.0. The second kappa shape index (κ2) is 9.77. The highest BCUT2D eigenvalue weighted by atomic mass is 35.5. The monoisotopic (exact) mass is 469 g/mol. The molecule has 2 aromatic rings. The third-order valence-corrected chi connectivity index (χ3v) is 7.10. The normalized spacial score (nSPS) is 23.2. The molecule has 2 heterocycles. The minimum Gasteiger partial charge on any atom is -0.337 e. The molecule has 1 saturated carbocycles. The van der Waals surface area contributed by atoms with E-state index in [1.165, 1.54) is 12.4 Å². The molecule has 176 valence electrons. The number of hydrogen-bond acceptors (Lipinski definition) is 5. The quantitative estimate of drug-likeness (QED) is 0.713. The number of amides is 2. The van der Waals surface area contributed by atoms with E-state index in [2.05, 4.69) is 38.9 Å². The Balaban J connectivity index is 1.41. The molecule has 2 aliphatic rings. The number of carbonyl (C=O) groups excluding carboxylic acids is 2. The van der Waals surface area contributed by atoms with Crippen molar-refractivity contribution in [2.45, 2.75) is 53.1 Å². The van der Waals surface area contributed by atoms with Crippen LogP contribution in [0, 0.1) is 25.7 Å². The molecule has 4 rings (SSSR count). The van der Waals surface area contributed by atoms with Crippen LogP contribution in [0.2, 0.25) is 5.02 Å². The number of carbonyl (C=O) groups is 2. The Morgan fingerprint density at radius 2 is 1.82 bits per heavy atom. The zero-order valence-electron chi connectivity index (χ0n) is 19.8. The van der Waals surface area contributed by atoms with Gasteiger partial charge in [-0.3, -0.25) is 14.5 Å². The number of aryl methyl sites for hydroxylation is 1. The van der Waals surface area contributed by atoms with E-state index < -0.39 is 0 Å². The van der Waals surface area contributed by atoms with Gasteiger partial charge in [-0.05, 0) is 62.8 Å². The second-order valence-electron chi connectivity index (χ2n) is 9.60. The standard InChI is InChI=1S/C25H32ClN5O2/c1-15-7-19(8-15)25(33)31-6-5-30(13-16(31)2)14-20-9-22(26)10-23(17(20)3)29-24(32)21-11-27-18(4)28-12-21/h9-12,15-16,19H,5-8,13-14H2,1-4H3,(H,29,32)/t15-,16-,19+/m0/s1. The number of anilines is 1. The fourth-order valence-corrected chi connectivity index (χ4v) is 5.06. The molecule has 0 bridgehead atoms. The average Bonchev–Trinajstić information content (AvgIpc) is 2.75. The van der Waals surface area contributed by atoms with Gasteiger partial charge in [0.25, 0.3) is 5.91 Å². The summed E-state index contributed by atoms with van der Waals surface area (Å²) in [6.45, 7) is 11.2. The van der Waals surface area contributed by atoms with Crippen LogP contribution in [-0.2, 0) is 11.3 Å². The molecule has 8 heteroatoms. The molecule has 1 aliphatic heterocycles. The fraction of sp³-hybridized carbons (Fsp3) is 0.520. The Labute approximate surface area is 200 Å². The Morgan fingerprint density at radius 1 is 1.12 bits per heavy atom. The Kier molecular flexibility index (Phi) is 7.00. The van der Waals surface area contributed by atoms with Crippen molar-refractivity contribution < 1.29 is 9.59 Å². The van der Waals surface area contributed by atoms with Crippen molar-refractivity contribution in [3.8, 4) is 0 Å². The summed E-state index contributed by atoms with van der Waals surface area (Å²) >= 11 is 6.40. The van der Waals surface area contributed by atoms with Gasteiger partial charge in [0, 0.05) is 61.2 Å². The number of rotatable bonds is 5. The predicted octanol–water partition coefficient (Wildman–Crippen LogP) is 4.08. The lowest BCUT2D eigenvalue weighted by atomic mass is 9.75. The van der Waals surface area contributed by atoms with E-state index >= 15 is 0 Å². The Bertz CT molecular complexity index is 1040. The van der Waals surface area contributed by atoms with Gasteiger partial charge in [0.05, 0.1) is 5.56 Å². The maximum absolute atomic E-state index is 12.8. The minimum atomic E-state index is -0.266. The maximum Gasteiger partial charge on any atom is 0.258 e. The molecular weight excluding hydrogens is 438 g/mol. The van der Waals surface area contributed by atoms with Crippen LogP contribution in [0.15, 0.2) is 24.5 Å². The molecule has 2 fully saturated rings. The van der Waals surface area contributed by atoms with E-state index in [4.69, 9.17) is 11.6 Å². The maximum atomic E-state index is 12.8. The molecule has 0 spiro atoms. The SMILES string of the molecule is Cc1ncc(C(=O)Nc2cc(Cl)cc(CN3CCN(C(=O)[C@H]4C[C@@H](C)C4)[C@@H](C)C3)c2C)cn1. The van der Waals surface area contributed by atoms with Gasteiger partial charge in [-0.1, -0.05) is 18.5 Å². The number of nitrogens with one attached hydrogen (secondary N) is 1. The molecule has 0 unspecified atom stereocenters. The first-order valence-electron chi connectivity index (χ1n) is 11.6. The van der Waals surface area contributed by atoms with Crippen LogP contribution in [0.5, 0.6) is 0 Å². The van der Waals surface area contributed by atoms with Gasteiger partial charge in [-0.25, -0.2) is 9.97 Å². The van der Waals surface area contributed by atoms with Gasteiger partial charge in [0.1, 0.15) is 5.82 Å². The molecule has 1 N–H and O–H groups in total. The van der Waals surface area contributed by atoms with Gasteiger partial charge in [-0.2, -0.15) is 0 Å². The zero-order chi connectivity index (χ0) is 23.7. The van der Waals surface area contributed by atoms with Crippen molar-refractivity contribution in [3.63, 3.8) is 0 Å². The van der Waals surface area contributed by atoms with Crippen molar-refractivity contribution in [1.29, 1.82) is 0 Å². The van der Waals surface area contributed by atoms with Crippen molar-refractivity contribution in [1.82, 2.24) is 19.8 Å². The van der Waals surface area contributed by atoms with Crippen molar-refractivity contribution >= 4 is 29.1 Å². The second-order valence-corrected chi connectivity index (χ2v) is 10.0. The van der Waals surface area contributed by atoms with E-state index in [1.54, 1.807) is 13.0 Å². The minimum absolute atomic E-state index is 0.183. The highest BCUT2D eigenvalue weighted by Gasteiger charge is 2.37. The molecular formula is C25H32ClN5O2. The molecule has 1 atom stereocenters. The largest absolute Gasteiger partial charge is 0.337 e. The fourth-order valence-electron chi connectivity index (χ4n) is 4.82. The van der Waals surface area contributed by atoms with Crippen LogP contribution < -0.4 is 5.32 Å². The van der Waals surface area contributed by atoms with E-state index in [0.29, 0.717) is 33.9 Å². The van der Waals surface area contributed by atoms with Crippen LogP contribution in [-0.4, -0.2) is 57.3 Å². The van der Waals surface area contributed by atoms with Gasteiger partial charge >= 0.3 is 0 Å². The molecule has 1 aromatic heterocycles. The summed E-state index contributed by atoms with van der Waals surface area (Å²) < 4.78 is 0. The average molecular weight is 470 g/mol. The van der Waals surface area contributed by atoms with Crippen LogP contribution in [0.25, 0.3) is 0 Å². The molecule has 1 saturated heterocycles. The summed E-state index contributed by atoms with van der Waals surface area (Å²) in [5, 5.41) is 3.53. The number of benzene rings is 1. The third kappa shape index (κ3) is 5.36. The summed E-state index contributed by atoms with van der Waals surface area (Å²) in [7, 11) is 0. The van der Waals surface area contributed by atoms with Crippen LogP contribution in [0.1, 0.15) is 54.0 Å². The van der Waals surface area contributed by atoms with Gasteiger partial charge in [0.15, 0.2) is 0 Å². The first-order chi connectivity index (χ1) is 15.7. The lowest BCUT2D eigenvalue weighted by Gasteiger charge is -2.44. The van der Waals surface area contributed by atoms with E-state index in [9.17, 15) is 9.59 Å². The molecule has 0 radical (unpaired) electrons. The summed E-state index contributed by atoms with van der Waals surface area (Å²) in [6.07, 6.45) is 5.09. The first kappa shape index (κ1) is 23.6. The molecule has 33 heavy (non-hydrogen) atoms. The van der Waals surface area contributed by atoms with Gasteiger partial charge in [-0.15, -0.1) is 0 Å². The van der Waals surface area contributed by atoms with Crippen molar-refractivity contribution in [3.05, 3.63) is 52.1 Å². The summed E-state index contributed by atoms with van der Waals surface area (Å²) in [5.41, 5.74) is 3.13. The highest BCUT2D eigenvalue weighted by Crippen LogP contribution is 2.35. The van der Waals surface area contributed by atoms with E-state index in [1.807, 2.05) is 13.0 Å². The van der Waals surface area contributed by atoms with Gasteiger partial charge < -0.3 is 10.2 Å². The zero-order valence-corrected chi connectivity index (χ0v) is 20.5. The van der Waals surface area contributed by atoms with Crippen LogP contribution in [0.3, 0.4) is 0 Å². The smallest absolute Gasteiger partial charge is 0.258 e. The lowest BCUT2D eigenvalue weighted by molar-refractivity contribution is -0.144. The molecule has 1 aromatic carbocycles. The molecule has 7 nitrogen and oxygen atoms in total. The lowest BCUT2D eigenvalue weighted by Crippen LogP contribution is -2.56. The highest BCUT2D eigenvalue weighted by molar-refractivity contribution is 6.31. The Morgan fingerprint density at radius 3 is 2.45 bits per heavy atom.